The van der Waals surface area contributed by atoms with Gasteiger partial charge in [0.15, 0.2) is 5.13 Å². The first-order valence-electron chi connectivity index (χ1n) is 7.13. The Morgan fingerprint density at radius 1 is 1.33 bits per heavy atom. The molecule has 7 nitrogen and oxygen atoms in total. The number of carbonyl (C=O) groups excluding carboxylic acids is 2. The van der Waals surface area contributed by atoms with Gasteiger partial charge in [0.2, 0.25) is 5.91 Å². The molecular weight excluding hydrogens is 290 g/mol. The highest BCUT2D eigenvalue weighted by Crippen LogP contribution is 2.12. The molecule has 0 saturated carbocycles. The average Bonchev–Trinajstić information content (AvgIpc) is 2.84. The molecule has 2 N–H and O–H groups in total. The fourth-order valence-electron chi connectivity index (χ4n) is 2.24. The van der Waals surface area contributed by atoms with Crippen molar-refractivity contribution >= 4 is 28.4 Å². The van der Waals surface area contributed by atoms with Gasteiger partial charge in [0.05, 0.1) is 6.54 Å². The minimum absolute atomic E-state index is 0.0400. The van der Waals surface area contributed by atoms with Gasteiger partial charge in [-0.25, -0.2) is 9.78 Å². The smallest absolute Gasteiger partial charge is 0.323 e. The van der Waals surface area contributed by atoms with Gasteiger partial charge >= 0.3 is 6.03 Å². The summed E-state index contributed by atoms with van der Waals surface area (Å²) >= 11 is 1.40. The summed E-state index contributed by atoms with van der Waals surface area (Å²) in [6, 6.07) is -0.121. The van der Waals surface area contributed by atoms with Gasteiger partial charge in [0.1, 0.15) is 0 Å². The minimum atomic E-state index is -0.121. The molecule has 2 rings (SSSR count). The molecule has 1 aliphatic heterocycles. The molecule has 1 aromatic rings. The number of rotatable bonds is 4. The van der Waals surface area contributed by atoms with Crippen molar-refractivity contribution in [1.29, 1.82) is 0 Å². The van der Waals surface area contributed by atoms with Gasteiger partial charge in [-0.3, -0.25) is 15.0 Å². The fourth-order valence-corrected chi connectivity index (χ4v) is 2.76. The van der Waals surface area contributed by atoms with E-state index in [0.717, 1.165) is 13.0 Å². The van der Waals surface area contributed by atoms with Crippen molar-refractivity contribution in [2.24, 2.45) is 0 Å². The van der Waals surface area contributed by atoms with Gasteiger partial charge in [-0.1, -0.05) is 0 Å². The van der Waals surface area contributed by atoms with Crippen LogP contribution in [0.15, 0.2) is 11.6 Å². The maximum Gasteiger partial charge on any atom is 0.323 e. The lowest BCUT2D eigenvalue weighted by Crippen LogP contribution is -2.40. The number of likely N-dealkylation sites (N-methyl/N-ethyl adjacent to an activating group) is 1. The first kappa shape index (κ1) is 15.7. The summed E-state index contributed by atoms with van der Waals surface area (Å²) < 4.78 is 0. The zero-order valence-corrected chi connectivity index (χ0v) is 13.0. The van der Waals surface area contributed by atoms with Crippen molar-refractivity contribution in [2.75, 3.05) is 44.6 Å². The Labute approximate surface area is 128 Å². The number of carbonyl (C=O) groups is 2. The van der Waals surface area contributed by atoms with E-state index in [1.807, 2.05) is 12.3 Å². The number of aromatic nitrogens is 1. The zero-order chi connectivity index (χ0) is 15.1. The standard InChI is InChI=1S/C13H21N5O2S/c1-2-14-11(19)10-17-5-3-6-18(8-7-17)13(20)16-12-15-4-9-21-12/h4,9H,2-3,5-8,10H2,1H3,(H,14,19)(H,15,16,20). The van der Waals surface area contributed by atoms with Crippen LogP contribution in [0.25, 0.3) is 0 Å². The van der Waals surface area contributed by atoms with Crippen molar-refractivity contribution in [3.8, 4) is 0 Å². The first-order valence-corrected chi connectivity index (χ1v) is 8.01. The third kappa shape index (κ3) is 4.98. The van der Waals surface area contributed by atoms with E-state index in [4.69, 9.17) is 0 Å². The van der Waals surface area contributed by atoms with E-state index in [0.29, 0.717) is 37.9 Å². The average molecular weight is 311 g/mol. The molecule has 0 spiro atoms. The van der Waals surface area contributed by atoms with Crippen molar-refractivity contribution in [1.82, 2.24) is 20.1 Å². The molecule has 3 amide bonds. The molecule has 0 radical (unpaired) electrons. The Kier molecular flexibility index (Phi) is 5.94. The summed E-state index contributed by atoms with van der Waals surface area (Å²) in [6.07, 6.45) is 2.53. The summed E-state index contributed by atoms with van der Waals surface area (Å²) in [6.45, 7) is 5.82. The largest absolute Gasteiger partial charge is 0.355 e. The maximum absolute atomic E-state index is 12.1. The number of amides is 3. The van der Waals surface area contributed by atoms with Crippen LogP contribution in [-0.4, -0.2) is 66.0 Å². The third-order valence-electron chi connectivity index (χ3n) is 3.26. The first-order chi connectivity index (χ1) is 10.2. The SMILES string of the molecule is CCNC(=O)CN1CCCN(C(=O)Nc2nccs2)CC1. The van der Waals surface area contributed by atoms with Gasteiger partial charge < -0.3 is 10.2 Å². The maximum atomic E-state index is 12.1. The monoisotopic (exact) mass is 311 g/mol. The number of urea groups is 1. The second kappa shape index (κ2) is 7.94. The van der Waals surface area contributed by atoms with Crippen molar-refractivity contribution in [3.05, 3.63) is 11.6 Å². The Balaban J connectivity index is 1.80. The summed E-state index contributed by atoms with van der Waals surface area (Å²) in [5, 5.41) is 8.03. The van der Waals surface area contributed by atoms with E-state index >= 15 is 0 Å². The molecule has 1 aliphatic rings. The number of nitrogens with zero attached hydrogens (tertiary/aromatic N) is 3. The molecule has 0 aliphatic carbocycles. The Bertz CT molecular complexity index is 465. The highest BCUT2D eigenvalue weighted by atomic mass is 32.1. The van der Waals surface area contributed by atoms with E-state index in [1.165, 1.54) is 11.3 Å². The number of thiazole rings is 1. The Morgan fingerprint density at radius 3 is 2.90 bits per heavy atom. The van der Waals surface area contributed by atoms with Crippen LogP contribution in [-0.2, 0) is 4.79 Å². The molecule has 0 aromatic carbocycles. The molecule has 8 heteroatoms. The molecule has 0 atom stereocenters. The second-order valence-corrected chi connectivity index (χ2v) is 5.73. The van der Waals surface area contributed by atoms with Gasteiger partial charge in [0.25, 0.3) is 0 Å². The highest BCUT2D eigenvalue weighted by molar-refractivity contribution is 7.13. The van der Waals surface area contributed by atoms with Crippen LogP contribution in [0, 0.1) is 0 Å². The Hall–Kier alpha value is -1.67. The van der Waals surface area contributed by atoms with Crippen LogP contribution in [0.1, 0.15) is 13.3 Å². The molecule has 1 saturated heterocycles. The topological polar surface area (TPSA) is 77.6 Å². The van der Waals surface area contributed by atoms with E-state index in [9.17, 15) is 9.59 Å². The second-order valence-electron chi connectivity index (χ2n) is 4.84. The number of hydrogen-bond donors (Lipinski definition) is 2. The fraction of sp³-hybridized carbons (Fsp3) is 0.615. The third-order valence-corrected chi connectivity index (χ3v) is 3.95. The van der Waals surface area contributed by atoms with Gasteiger partial charge in [0, 0.05) is 44.3 Å². The van der Waals surface area contributed by atoms with Crippen LogP contribution in [0.5, 0.6) is 0 Å². The van der Waals surface area contributed by atoms with Gasteiger partial charge in [-0.05, 0) is 13.3 Å². The summed E-state index contributed by atoms with van der Waals surface area (Å²) in [5.41, 5.74) is 0. The van der Waals surface area contributed by atoms with Gasteiger partial charge in [-0.15, -0.1) is 11.3 Å². The number of nitrogens with one attached hydrogen (secondary N) is 2. The van der Waals surface area contributed by atoms with E-state index in [1.54, 1.807) is 11.1 Å². The van der Waals surface area contributed by atoms with Crippen LogP contribution >= 0.6 is 11.3 Å². The van der Waals surface area contributed by atoms with Crippen molar-refractivity contribution in [3.63, 3.8) is 0 Å². The van der Waals surface area contributed by atoms with Crippen LogP contribution in [0.4, 0.5) is 9.93 Å². The van der Waals surface area contributed by atoms with E-state index in [2.05, 4.69) is 20.5 Å². The van der Waals surface area contributed by atoms with E-state index < -0.39 is 0 Å². The lowest BCUT2D eigenvalue weighted by atomic mass is 10.4. The predicted molar refractivity (Wildman–Crippen MR) is 82.4 cm³/mol. The van der Waals surface area contributed by atoms with Crippen LogP contribution in [0.2, 0.25) is 0 Å². The summed E-state index contributed by atoms with van der Waals surface area (Å²) in [4.78, 5) is 31.6. The summed E-state index contributed by atoms with van der Waals surface area (Å²) in [7, 11) is 0. The van der Waals surface area contributed by atoms with Crippen LogP contribution in [0.3, 0.4) is 0 Å². The number of hydrogen-bond acceptors (Lipinski definition) is 5. The molecule has 116 valence electrons. The highest BCUT2D eigenvalue weighted by Gasteiger charge is 2.20. The zero-order valence-electron chi connectivity index (χ0n) is 12.2. The lowest BCUT2D eigenvalue weighted by molar-refractivity contribution is -0.122. The minimum Gasteiger partial charge on any atom is -0.355 e. The molecule has 0 unspecified atom stereocenters. The van der Waals surface area contributed by atoms with Crippen LogP contribution < -0.4 is 10.6 Å². The van der Waals surface area contributed by atoms with Crippen molar-refractivity contribution < 1.29 is 9.59 Å². The Morgan fingerprint density at radius 2 is 2.19 bits per heavy atom. The quantitative estimate of drug-likeness (QED) is 0.863. The normalized spacial score (nSPS) is 16.3. The molecule has 1 aromatic heterocycles. The molecular formula is C13H21N5O2S. The van der Waals surface area contributed by atoms with Gasteiger partial charge in [-0.2, -0.15) is 0 Å². The van der Waals surface area contributed by atoms with Crippen molar-refractivity contribution in [2.45, 2.75) is 13.3 Å². The number of anilines is 1. The molecule has 1 fully saturated rings. The molecule has 21 heavy (non-hydrogen) atoms. The molecule has 2 heterocycles. The molecule has 0 bridgehead atoms. The summed E-state index contributed by atoms with van der Waals surface area (Å²) in [5.74, 6) is 0.0400. The van der Waals surface area contributed by atoms with E-state index in [-0.39, 0.29) is 11.9 Å². The lowest BCUT2D eigenvalue weighted by Gasteiger charge is -2.21. The predicted octanol–water partition coefficient (Wildman–Crippen LogP) is 0.819.